The molecule has 1 nitrogen and oxygen atoms in total. The Kier molecular flexibility index (Phi) is 4.35. The first-order valence-corrected chi connectivity index (χ1v) is 6.69. The molecule has 0 heterocycles. The van der Waals surface area contributed by atoms with Gasteiger partial charge in [0, 0.05) is 9.92 Å². The second-order valence-electron chi connectivity index (χ2n) is 3.63. The Balaban J connectivity index is 1.88. The minimum absolute atomic E-state index is 0.602. The Morgan fingerprint density at radius 3 is 2.59 bits per heavy atom. The maximum Gasteiger partial charge on any atom is 0.138 e. The van der Waals surface area contributed by atoms with Gasteiger partial charge in [-0.25, -0.2) is 0 Å². The van der Waals surface area contributed by atoms with E-state index in [2.05, 4.69) is 12.1 Å². The summed E-state index contributed by atoms with van der Waals surface area (Å²) in [6.45, 7) is 1.97. The average Bonchev–Trinajstić information content (AvgIpc) is 2.35. The number of aryl methyl sites for hydroxylation is 1. The fraction of sp³-hybridized carbons (Fsp3) is 0.143. The van der Waals surface area contributed by atoms with Crippen LogP contribution in [0.1, 0.15) is 5.56 Å². The Labute approximate surface area is 111 Å². The van der Waals surface area contributed by atoms with Crippen LogP contribution in [0.4, 0.5) is 0 Å². The molecule has 2 rings (SSSR count). The fourth-order valence-corrected chi connectivity index (χ4v) is 2.19. The highest BCUT2D eigenvalue weighted by atomic mass is 35.5. The van der Waals surface area contributed by atoms with E-state index in [1.54, 1.807) is 11.8 Å². The monoisotopic (exact) mass is 264 g/mol. The van der Waals surface area contributed by atoms with Gasteiger partial charge in [0.1, 0.15) is 11.7 Å². The molecule has 2 aromatic rings. The van der Waals surface area contributed by atoms with Crippen LogP contribution in [-0.2, 0) is 0 Å². The fourth-order valence-electron chi connectivity index (χ4n) is 1.39. The Hall–Kier alpha value is -1.12. The normalized spacial score (nSPS) is 10.2. The molecule has 0 saturated carbocycles. The van der Waals surface area contributed by atoms with E-state index in [0.717, 1.165) is 16.3 Å². The lowest BCUT2D eigenvalue weighted by Crippen LogP contribution is -1.92. The first kappa shape index (κ1) is 12.3. The van der Waals surface area contributed by atoms with Gasteiger partial charge >= 0.3 is 0 Å². The van der Waals surface area contributed by atoms with Gasteiger partial charge in [-0.15, -0.1) is 0 Å². The smallest absolute Gasteiger partial charge is 0.138 e. The van der Waals surface area contributed by atoms with Crippen LogP contribution in [0.25, 0.3) is 0 Å². The molecule has 0 aliphatic rings. The number of rotatable bonds is 4. The van der Waals surface area contributed by atoms with Crippen LogP contribution < -0.4 is 4.74 Å². The lowest BCUT2D eigenvalue weighted by molar-refractivity contribution is 0.392. The van der Waals surface area contributed by atoms with Crippen molar-refractivity contribution in [2.24, 2.45) is 0 Å². The summed E-state index contributed by atoms with van der Waals surface area (Å²) in [6, 6.07) is 15.9. The molecular weight excluding hydrogens is 252 g/mol. The standard InChI is InChI=1S/C14H13ClOS/c1-11-9-12(7-8-14(11)15)16-10-17-13-5-3-2-4-6-13/h2-9H,10H2,1H3. The highest BCUT2D eigenvalue weighted by Gasteiger charge is 1.99. The lowest BCUT2D eigenvalue weighted by Gasteiger charge is -2.07. The Morgan fingerprint density at radius 1 is 1.12 bits per heavy atom. The van der Waals surface area contributed by atoms with Crippen LogP contribution in [0.2, 0.25) is 5.02 Å². The van der Waals surface area contributed by atoms with E-state index in [9.17, 15) is 0 Å². The zero-order valence-corrected chi connectivity index (χ0v) is 11.1. The van der Waals surface area contributed by atoms with Gasteiger partial charge in [0.25, 0.3) is 0 Å². The number of halogens is 1. The van der Waals surface area contributed by atoms with Crippen molar-refractivity contribution in [1.82, 2.24) is 0 Å². The third kappa shape index (κ3) is 3.69. The quantitative estimate of drug-likeness (QED) is 0.581. The third-order valence-corrected chi connectivity index (χ3v) is 3.59. The molecule has 17 heavy (non-hydrogen) atoms. The molecule has 0 atom stereocenters. The van der Waals surface area contributed by atoms with Crippen LogP contribution in [-0.4, -0.2) is 5.94 Å². The van der Waals surface area contributed by atoms with Gasteiger partial charge in [-0.1, -0.05) is 41.6 Å². The first-order valence-electron chi connectivity index (χ1n) is 5.32. The van der Waals surface area contributed by atoms with Crippen LogP contribution in [0, 0.1) is 6.92 Å². The van der Waals surface area contributed by atoms with Gasteiger partial charge < -0.3 is 4.74 Å². The largest absolute Gasteiger partial charge is 0.483 e. The van der Waals surface area contributed by atoms with Crippen molar-refractivity contribution in [2.75, 3.05) is 5.94 Å². The predicted molar refractivity (Wildman–Crippen MR) is 74.0 cm³/mol. The lowest BCUT2D eigenvalue weighted by atomic mass is 10.2. The summed E-state index contributed by atoms with van der Waals surface area (Å²) in [5, 5.41) is 0.771. The summed E-state index contributed by atoms with van der Waals surface area (Å²) in [4.78, 5) is 1.21. The maximum atomic E-state index is 5.95. The molecule has 3 heteroatoms. The SMILES string of the molecule is Cc1cc(OCSc2ccccc2)ccc1Cl. The van der Waals surface area contributed by atoms with E-state index >= 15 is 0 Å². The van der Waals surface area contributed by atoms with E-state index in [1.807, 2.05) is 43.3 Å². The Bertz CT molecular complexity index is 485. The topological polar surface area (TPSA) is 9.23 Å². The van der Waals surface area contributed by atoms with Crippen LogP contribution in [0.5, 0.6) is 5.75 Å². The van der Waals surface area contributed by atoms with Crippen molar-refractivity contribution >= 4 is 23.4 Å². The molecule has 0 fully saturated rings. The van der Waals surface area contributed by atoms with Gasteiger partial charge in [-0.3, -0.25) is 0 Å². The van der Waals surface area contributed by atoms with Crippen LogP contribution >= 0.6 is 23.4 Å². The second kappa shape index (κ2) is 5.99. The van der Waals surface area contributed by atoms with E-state index in [0.29, 0.717) is 5.94 Å². The highest BCUT2D eigenvalue weighted by molar-refractivity contribution is 7.99. The van der Waals surface area contributed by atoms with Crippen molar-refractivity contribution in [3.63, 3.8) is 0 Å². The summed E-state index contributed by atoms with van der Waals surface area (Å²) in [7, 11) is 0. The van der Waals surface area contributed by atoms with E-state index in [1.165, 1.54) is 4.90 Å². The van der Waals surface area contributed by atoms with Crippen molar-refractivity contribution in [3.05, 3.63) is 59.1 Å². The molecule has 0 amide bonds. The van der Waals surface area contributed by atoms with Gasteiger partial charge in [0.2, 0.25) is 0 Å². The van der Waals surface area contributed by atoms with Crippen LogP contribution in [0.3, 0.4) is 0 Å². The highest BCUT2D eigenvalue weighted by Crippen LogP contribution is 2.23. The number of hydrogen-bond acceptors (Lipinski definition) is 2. The summed E-state index contributed by atoms with van der Waals surface area (Å²) >= 11 is 7.62. The number of hydrogen-bond donors (Lipinski definition) is 0. The summed E-state index contributed by atoms with van der Waals surface area (Å²) in [6.07, 6.45) is 0. The number of ether oxygens (including phenoxy) is 1. The number of thioether (sulfide) groups is 1. The molecule has 0 N–H and O–H groups in total. The molecule has 0 aromatic heterocycles. The molecule has 0 unspecified atom stereocenters. The zero-order valence-electron chi connectivity index (χ0n) is 9.52. The van der Waals surface area contributed by atoms with Gasteiger partial charge in [0.05, 0.1) is 0 Å². The zero-order chi connectivity index (χ0) is 12.1. The second-order valence-corrected chi connectivity index (χ2v) is 5.03. The summed E-state index contributed by atoms with van der Waals surface area (Å²) < 4.78 is 5.65. The molecule has 0 spiro atoms. The van der Waals surface area contributed by atoms with Crippen molar-refractivity contribution in [1.29, 1.82) is 0 Å². The van der Waals surface area contributed by atoms with Gasteiger partial charge in [0.15, 0.2) is 0 Å². The predicted octanol–water partition coefficient (Wildman–Crippen LogP) is 4.78. The van der Waals surface area contributed by atoms with E-state index in [4.69, 9.17) is 16.3 Å². The molecule has 88 valence electrons. The molecular formula is C14H13ClOS. The van der Waals surface area contributed by atoms with E-state index in [-0.39, 0.29) is 0 Å². The molecule has 0 saturated heterocycles. The van der Waals surface area contributed by atoms with E-state index < -0.39 is 0 Å². The molecule has 2 aromatic carbocycles. The van der Waals surface area contributed by atoms with Crippen molar-refractivity contribution in [3.8, 4) is 5.75 Å². The Morgan fingerprint density at radius 2 is 1.88 bits per heavy atom. The van der Waals surface area contributed by atoms with Crippen molar-refractivity contribution < 1.29 is 4.74 Å². The minimum Gasteiger partial charge on any atom is -0.483 e. The minimum atomic E-state index is 0.602. The summed E-state index contributed by atoms with van der Waals surface area (Å²) in [5.74, 6) is 1.46. The molecule has 0 bridgehead atoms. The van der Waals surface area contributed by atoms with Crippen molar-refractivity contribution in [2.45, 2.75) is 11.8 Å². The van der Waals surface area contributed by atoms with Gasteiger partial charge in [-0.2, -0.15) is 0 Å². The first-order chi connectivity index (χ1) is 8.25. The average molecular weight is 265 g/mol. The van der Waals surface area contributed by atoms with Crippen LogP contribution in [0.15, 0.2) is 53.4 Å². The molecule has 0 aliphatic carbocycles. The number of benzene rings is 2. The molecule has 0 aliphatic heterocycles. The van der Waals surface area contributed by atoms with Gasteiger partial charge in [-0.05, 0) is 42.8 Å². The third-order valence-electron chi connectivity index (χ3n) is 2.32. The molecule has 0 radical (unpaired) electrons. The summed E-state index contributed by atoms with van der Waals surface area (Å²) in [5.41, 5.74) is 1.04. The maximum absolute atomic E-state index is 5.95.